The predicted octanol–water partition coefficient (Wildman–Crippen LogP) is 3.72. The number of hydrogen-bond donors (Lipinski definition) is 3. The van der Waals surface area contributed by atoms with Gasteiger partial charge in [0.15, 0.2) is 0 Å². The fourth-order valence-corrected chi connectivity index (χ4v) is 2.44. The van der Waals surface area contributed by atoms with Crippen LogP contribution in [0, 0.1) is 0 Å². The third-order valence-corrected chi connectivity index (χ3v) is 4.04. The molecule has 120 valence electrons. The summed E-state index contributed by atoms with van der Waals surface area (Å²) in [7, 11) is 0. The molecule has 3 aromatic rings. The van der Waals surface area contributed by atoms with Crippen molar-refractivity contribution in [3.8, 4) is 5.75 Å². The number of halogens is 2. The summed E-state index contributed by atoms with van der Waals surface area (Å²) in [6.07, 6.45) is -0.724. The van der Waals surface area contributed by atoms with E-state index < -0.39 is 6.10 Å². The van der Waals surface area contributed by atoms with Gasteiger partial charge in [-0.1, -0.05) is 41.4 Å². The van der Waals surface area contributed by atoms with E-state index in [-0.39, 0.29) is 13.2 Å². The van der Waals surface area contributed by atoms with Crippen molar-refractivity contribution in [1.82, 2.24) is 9.97 Å². The van der Waals surface area contributed by atoms with Gasteiger partial charge < -0.3 is 20.1 Å². The minimum Gasteiger partial charge on any atom is -0.489 e. The Bertz CT molecular complexity index is 774. The summed E-state index contributed by atoms with van der Waals surface area (Å²) in [5.41, 5.74) is 1.80. The SMILES string of the molecule is OC(CNc1nc2ccccc2[nH]1)COc1cccc(Cl)c1Cl. The average molecular weight is 352 g/mol. The number of aliphatic hydroxyl groups excluding tert-OH is 1. The molecule has 0 aliphatic rings. The number of aromatic amines is 1. The van der Waals surface area contributed by atoms with Crippen LogP contribution in [0.2, 0.25) is 10.0 Å². The molecule has 0 bridgehead atoms. The van der Waals surface area contributed by atoms with Crippen LogP contribution in [0.15, 0.2) is 42.5 Å². The van der Waals surface area contributed by atoms with E-state index in [1.165, 1.54) is 0 Å². The first kappa shape index (κ1) is 15.9. The van der Waals surface area contributed by atoms with Gasteiger partial charge in [-0.25, -0.2) is 4.98 Å². The van der Waals surface area contributed by atoms with Crippen molar-refractivity contribution in [1.29, 1.82) is 0 Å². The van der Waals surface area contributed by atoms with Crippen LogP contribution in [0.1, 0.15) is 0 Å². The highest BCUT2D eigenvalue weighted by atomic mass is 35.5. The van der Waals surface area contributed by atoms with Gasteiger partial charge >= 0.3 is 0 Å². The van der Waals surface area contributed by atoms with E-state index in [2.05, 4.69) is 15.3 Å². The summed E-state index contributed by atoms with van der Waals surface area (Å²) >= 11 is 11.9. The van der Waals surface area contributed by atoms with E-state index >= 15 is 0 Å². The molecule has 0 radical (unpaired) electrons. The van der Waals surface area contributed by atoms with Gasteiger partial charge in [-0.2, -0.15) is 0 Å². The van der Waals surface area contributed by atoms with Crippen LogP contribution < -0.4 is 10.1 Å². The molecule has 1 aromatic heterocycles. The number of rotatable bonds is 6. The molecule has 1 unspecified atom stereocenters. The van der Waals surface area contributed by atoms with Crippen LogP contribution in [0.4, 0.5) is 5.95 Å². The van der Waals surface area contributed by atoms with Crippen LogP contribution >= 0.6 is 23.2 Å². The zero-order chi connectivity index (χ0) is 16.2. The lowest BCUT2D eigenvalue weighted by molar-refractivity contribution is 0.117. The van der Waals surface area contributed by atoms with Crippen molar-refractivity contribution >= 4 is 40.2 Å². The molecule has 0 saturated carbocycles. The Kier molecular flexibility index (Phi) is 4.91. The molecule has 0 aliphatic carbocycles. The van der Waals surface area contributed by atoms with E-state index in [0.717, 1.165) is 11.0 Å². The summed E-state index contributed by atoms with van der Waals surface area (Å²) in [5, 5.41) is 13.8. The molecule has 0 spiro atoms. The van der Waals surface area contributed by atoms with Crippen LogP contribution in [-0.4, -0.2) is 34.3 Å². The lowest BCUT2D eigenvalue weighted by atomic mass is 10.3. The summed E-state index contributed by atoms with van der Waals surface area (Å²) in [6, 6.07) is 12.8. The molecule has 0 aliphatic heterocycles. The van der Waals surface area contributed by atoms with Gasteiger partial charge in [0.2, 0.25) is 5.95 Å². The molecule has 3 rings (SSSR count). The maximum Gasteiger partial charge on any atom is 0.201 e. The number of para-hydroxylation sites is 2. The number of anilines is 1. The smallest absolute Gasteiger partial charge is 0.201 e. The third-order valence-electron chi connectivity index (χ3n) is 3.24. The molecule has 0 fully saturated rings. The lowest BCUT2D eigenvalue weighted by Gasteiger charge is -2.14. The number of H-pyrrole nitrogens is 1. The summed E-state index contributed by atoms with van der Waals surface area (Å²) in [5.74, 6) is 1.05. The first-order chi connectivity index (χ1) is 11.1. The predicted molar refractivity (Wildman–Crippen MR) is 92.5 cm³/mol. The number of ether oxygens (including phenoxy) is 1. The van der Waals surface area contributed by atoms with Gasteiger partial charge in [0.05, 0.1) is 16.1 Å². The summed E-state index contributed by atoms with van der Waals surface area (Å²) < 4.78 is 5.49. The Hall–Kier alpha value is -1.95. The molecule has 0 amide bonds. The quantitative estimate of drug-likeness (QED) is 0.632. The molecular weight excluding hydrogens is 337 g/mol. The summed E-state index contributed by atoms with van der Waals surface area (Å²) in [4.78, 5) is 7.50. The first-order valence-electron chi connectivity index (χ1n) is 7.07. The zero-order valence-electron chi connectivity index (χ0n) is 12.1. The minimum atomic E-state index is -0.724. The molecule has 1 heterocycles. The van der Waals surface area contributed by atoms with Gasteiger partial charge in [-0.05, 0) is 24.3 Å². The van der Waals surface area contributed by atoms with Gasteiger partial charge in [0.25, 0.3) is 0 Å². The van der Waals surface area contributed by atoms with E-state index in [0.29, 0.717) is 21.7 Å². The van der Waals surface area contributed by atoms with Gasteiger partial charge in [-0.15, -0.1) is 0 Å². The average Bonchev–Trinajstić information content (AvgIpc) is 2.97. The lowest BCUT2D eigenvalue weighted by Crippen LogP contribution is -2.26. The number of nitrogens with one attached hydrogen (secondary N) is 2. The fourth-order valence-electron chi connectivity index (χ4n) is 2.09. The molecule has 5 nitrogen and oxygen atoms in total. The monoisotopic (exact) mass is 351 g/mol. The minimum absolute atomic E-state index is 0.0906. The van der Waals surface area contributed by atoms with E-state index in [4.69, 9.17) is 27.9 Å². The molecular formula is C16H15Cl2N3O2. The highest BCUT2D eigenvalue weighted by Gasteiger charge is 2.10. The van der Waals surface area contributed by atoms with Gasteiger partial charge in [0, 0.05) is 6.54 Å². The molecule has 1 atom stereocenters. The Morgan fingerprint density at radius 2 is 2.00 bits per heavy atom. The first-order valence-corrected chi connectivity index (χ1v) is 7.82. The van der Waals surface area contributed by atoms with Crippen LogP contribution in [-0.2, 0) is 0 Å². The summed E-state index contributed by atoms with van der Waals surface area (Å²) in [6.45, 7) is 0.380. The number of nitrogens with zero attached hydrogens (tertiary/aromatic N) is 1. The third kappa shape index (κ3) is 3.88. The highest BCUT2D eigenvalue weighted by molar-refractivity contribution is 6.42. The Morgan fingerprint density at radius 3 is 2.83 bits per heavy atom. The number of hydrogen-bond acceptors (Lipinski definition) is 4. The van der Waals surface area contributed by atoms with Crippen LogP contribution in [0.3, 0.4) is 0 Å². The Labute approximate surface area is 143 Å². The van der Waals surface area contributed by atoms with Crippen LogP contribution in [0.25, 0.3) is 11.0 Å². The zero-order valence-corrected chi connectivity index (χ0v) is 13.6. The number of aliphatic hydroxyl groups is 1. The maximum atomic E-state index is 10.0. The second kappa shape index (κ2) is 7.08. The molecule has 3 N–H and O–H groups in total. The second-order valence-electron chi connectivity index (χ2n) is 5.00. The number of imidazole rings is 1. The van der Waals surface area contributed by atoms with Gasteiger partial charge in [-0.3, -0.25) is 0 Å². The van der Waals surface area contributed by atoms with Crippen molar-refractivity contribution in [2.75, 3.05) is 18.5 Å². The van der Waals surface area contributed by atoms with Gasteiger partial charge in [0.1, 0.15) is 23.5 Å². The molecule has 23 heavy (non-hydrogen) atoms. The van der Waals surface area contributed by atoms with E-state index in [1.54, 1.807) is 18.2 Å². The molecule has 2 aromatic carbocycles. The van der Waals surface area contributed by atoms with Crippen molar-refractivity contribution in [3.05, 3.63) is 52.5 Å². The standard InChI is InChI=1S/C16H15Cl2N3O2/c17-11-4-3-7-14(15(11)18)23-9-10(22)8-19-16-20-12-5-1-2-6-13(12)21-16/h1-7,10,22H,8-9H2,(H2,19,20,21). The Balaban J connectivity index is 1.53. The number of aromatic nitrogens is 2. The van der Waals surface area contributed by atoms with Crippen molar-refractivity contribution in [3.63, 3.8) is 0 Å². The normalized spacial score (nSPS) is 12.3. The van der Waals surface area contributed by atoms with Crippen molar-refractivity contribution in [2.45, 2.75) is 6.10 Å². The molecule has 0 saturated heterocycles. The Morgan fingerprint density at radius 1 is 1.17 bits per heavy atom. The fraction of sp³-hybridized carbons (Fsp3) is 0.188. The largest absolute Gasteiger partial charge is 0.489 e. The topological polar surface area (TPSA) is 70.2 Å². The van der Waals surface area contributed by atoms with E-state index in [1.807, 2.05) is 24.3 Å². The molecule has 7 heteroatoms. The number of benzene rings is 2. The van der Waals surface area contributed by atoms with E-state index in [9.17, 15) is 5.11 Å². The van der Waals surface area contributed by atoms with Crippen molar-refractivity contribution in [2.24, 2.45) is 0 Å². The number of fused-ring (bicyclic) bond motifs is 1. The van der Waals surface area contributed by atoms with Crippen molar-refractivity contribution < 1.29 is 9.84 Å². The second-order valence-corrected chi connectivity index (χ2v) is 5.79. The van der Waals surface area contributed by atoms with Crippen LogP contribution in [0.5, 0.6) is 5.75 Å². The maximum absolute atomic E-state index is 10.0. The highest BCUT2D eigenvalue weighted by Crippen LogP contribution is 2.31.